The van der Waals surface area contributed by atoms with Gasteiger partial charge in [0.2, 0.25) is 0 Å². The number of rotatable bonds is 5. The molecular weight excluding hydrogens is 200 g/mol. The molecule has 0 aliphatic carbocycles. The molecule has 0 heterocycles. The van der Waals surface area contributed by atoms with E-state index in [0.717, 1.165) is 6.08 Å². The average Bonchev–Trinajstić information content (AvgIpc) is 2.18. The Morgan fingerprint density at radius 1 is 1.40 bits per heavy atom. The number of aliphatic carboxylic acids is 2. The van der Waals surface area contributed by atoms with E-state index in [4.69, 9.17) is 15.3 Å². The first-order valence-electron chi connectivity index (χ1n) is 4.29. The number of carbonyl (C=O) groups is 2. The largest absolute Gasteiger partial charge is 0.478 e. The summed E-state index contributed by atoms with van der Waals surface area (Å²) in [5.74, 6) is -2.02. The fourth-order valence-electron chi connectivity index (χ4n) is 0.516. The fraction of sp³-hybridized carbons (Fsp3) is 0.400. The van der Waals surface area contributed by atoms with Crippen LogP contribution in [0.3, 0.4) is 0 Å². The summed E-state index contributed by atoms with van der Waals surface area (Å²) < 4.78 is 0. The van der Waals surface area contributed by atoms with Gasteiger partial charge in [-0.2, -0.15) is 0 Å². The smallest absolute Gasteiger partial charge is 0.331 e. The molecule has 0 saturated carbocycles. The third-order valence-electron chi connectivity index (χ3n) is 1.43. The summed E-state index contributed by atoms with van der Waals surface area (Å²) in [6, 6.07) is 0. The number of hydrogen-bond donors (Lipinski definition) is 3. The number of carboxylic acid groups (broad SMARTS) is 2. The summed E-state index contributed by atoms with van der Waals surface area (Å²) in [5, 5.41) is 24.9. The topological polar surface area (TPSA) is 94.8 Å². The van der Waals surface area contributed by atoms with Gasteiger partial charge in [-0.15, -0.1) is 0 Å². The molecular formula is C10H16O5. The van der Waals surface area contributed by atoms with Gasteiger partial charge in [-0.1, -0.05) is 20.1 Å². The van der Waals surface area contributed by atoms with Gasteiger partial charge in [0, 0.05) is 18.1 Å². The average molecular weight is 216 g/mol. The molecule has 5 heteroatoms. The van der Waals surface area contributed by atoms with Crippen LogP contribution in [0.4, 0.5) is 0 Å². The highest BCUT2D eigenvalue weighted by Crippen LogP contribution is 2.05. The normalized spacial score (nSPS) is 10.5. The van der Waals surface area contributed by atoms with Crippen molar-refractivity contribution in [3.8, 4) is 0 Å². The van der Waals surface area contributed by atoms with Crippen LogP contribution in [-0.2, 0) is 9.59 Å². The van der Waals surface area contributed by atoms with Gasteiger partial charge in [-0.25, -0.2) is 9.59 Å². The van der Waals surface area contributed by atoms with Crippen molar-refractivity contribution in [3.63, 3.8) is 0 Å². The van der Waals surface area contributed by atoms with Gasteiger partial charge >= 0.3 is 11.9 Å². The first-order chi connectivity index (χ1) is 6.84. The highest BCUT2D eigenvalue weighted by Gasteiger charge is 2.08. The van der Waals surface area contributed by atoms with E-state index in [1.807, 2.05) is 0 Å². The number of aliphatic hydroxyl groups excluding tert-OH is 1. The minimum absolute atomic E-state index is 0.0642. The second-order valence-electron chi connectivity index (χ2n) is 2.72. The fourth-order valence-corrected chi connectivity index (χ4v) is 0.516. The van der Waals surface area contributed by atoms with Crippen LogP contribution in [0.5, 0.6) is 0 Å². The summed E-state index contributed by atoms with van der Waals surface area (Å²) >= 11 is 0. The Bertz CT molecular complexity index is 244. The molecule has 0 aromatic heterocycles. The Balaban J connectivity index is 0. The highest BCUT2D eigenvalue weighted by atomic mass is 16.4. The zero-order chi connectivity index (χ0) is 12.4. The third kappa shape index (κ3) is 12.4. The molecule has 0 rings (SSSR count). The molecule has 0 saturated heterocycles. The lowest BCUT2D eigenvalue weighted by Crippen LogP contribution is -2.10. The number of aliphatic hydroxyl groups is 1. The molecule has 0 aromatic carbocycles. The summed E-state index contributed by atoms with van der Waals surface area (Å²) in [6.07, 6.45) is 0.988. The quantitative estimate of drug-likeness (QED) is 0.597. The van der Waals surface area contributed by atoms with Crippen LogP contribution in [0.25, 0.3) is 0 Å². The molecule has 15 heavy (non-hydrogen) atoms. The van der Waals surface area contributed by atoms with Gasteiger partial charge in [-0.3, -0.25) is 0 Å². The van der Waals surface area contributed by atoms with Crippen molar-refractivity contribution < 1.29 is 24.9 Å². The third-order valence-corrected chi connectivity index (χ3v) is 1.43. The van der Waals surface area contributed by atoms with E-state index in [9.17, 15) is 9.59 Å². The van der Waals surface area contributed by atoms with Gasteiger partial charge in [0.25, 0.3) is 0 Å². The Morgan fingerprint density at radius 3 is 2.00 bits per heavy atom. The second-order valence-corrected chi connectivity index (χ2v) is 2.72. The van der Waals surface area contributed by atoms with Crippen LogP contribution in [0.1, 0.15) is 19.8 Å². The maximum Gasteiger partial charge on any atom is 0.331 e. The van der Waals surface area contributed by atoms with E-state index in [-0.39, 0.29) is 12.0 Å². The van der Waals surface area contributed by atoms with Crippen molar-refractivity contribution >= 4 is 11.9 Å². The van der Waals surface area contributed by atoms with Crippen molar-refractivity contribution in [3.05, 3.63) is 24.8 Å². The van der Waals surface area contributed by atoms with Crippen molar-refractivity contribution in [1.29, 1.82) is 0 Å². The van der Waals surface area contributed by atoms with Crippen LogP contribution in [0.15, 0.2) is 24.8 Å². The molecule has 3 N–H and O–H groups in total. The predicted molar refractivity (Wildman–Crippen MR) is 55.5 cm³/mol. The van der Waals surface area contributed by atoms with E-state index in [0.29, 0.717) is 6.42 Å². The Morgan fingerprint density at radius 2 is 1.80 bits per heavy atom. The number of hydrogen-bond acceptors (Lipinski definition) is 3. The first-order valence-corrected chi connectivity index (χ1v) is 4.29. The molecule has 0 amide bonds. The lowest BCUT2D eigenvalue weighted by Gasteiger charge is -2.05. The van der Waals surface area contributed by atoms with Gasteiger partial charge in [0.15, 0.2) is 0 Å². The summed E-state index contributed by atoms with van der Waals surface area (Å²) in [5.41, 5.74) is 0.0642. The monoisotopic (exact) mass is 216 g/mol. The summed E-state index contributed by atoms with van der Waals surface area (Å²) in [7, 11) is 0. The van der Waals surface area contributed by atoms with Gasteiger partial charge < -0.3 is 15.3 Å². The minimum Gasteiger partial charge on any atom is -0.478 e. The first kappa shape index (κ1) is 15.8. The molecule has 0 bridgehead atoms. The minimum atomic E-state index is -1.03. The molecule has 1 unspecified atom stereocenters. The molecule has 86 valence electrons. The molecule has 0 radical (unpaired) electrons. The SMILES string of the molecule is C=C(CC(O)CC)C(=O)O.C=CC(=O)O. The maximum absolute atomic E-state index is 10.1. The van der Waals surface area contributed by atoms with Crippen LogP contribution in [0.2, 0.25) is 0 Å². The summed E-state index contributed by atoms with van der Waals surface area (Å²) in [6.45, 7) is 8.03. The molecule has 0 aliphatic rings. The lowest BCUT2D eigenvalue weighted by atomic mass is 10.1. The van der Waals surface area contributed by atoms with Gasteiger partial charge in [0.1, 0.15) is 0 Å². The summed E-state index contributed by atoms with van der Waals surface area (Å²) in [4.78, 5) is 19.4. The van der Waals surface area contributed by atoms with Crippen molar-refractivity contribution in [2.45, 2.75) is 25.9 Å². The van der Waals surface area contributed by atoms with E-state index in [1.165, 1.54) is 0 Å². The van der Waals surface area contributed by atoms with E-state index in [1.54, 1.807) is 6.92 Å². The van der Waals surface area contributed by atoms with Gasteiger partial charge in [-0.05, 0) is 6.42 Å². The van der Waals surface area contributed by atoms with Crippen molar-refractivity contribution in [2.24, 2.45) is 0 Å². The Kier molecular flexibility index (Phi) is 9.45. The molecule has 1 atom stereocenters. The number of carboxylic acids is 2. The van der Waals surface area contributed by atoms with Crippen molar-refractivity contribution in [2.75, 3.05) is 0 Å². The van der Waals surface area contributed by atoms with Gasteiger partial charge in [0.05, 0.1) is 6.10 Å². The zero-order valence-electron chi connectivity index (χ0n) is 8.64. The highest BCUT2D eigenvalue weighted by molar-refractivity contribution is 5.85. The van der Waals surface area contributed by atoms with E-state index >= 15 is 0 Å². The Labute approximate surface area is 88.4 Å². The Hall–Kier alpha value is -1.62. The van der Waals surface area contributed by atoms with E-state index < -0.39 is 18.0 Å². The molecule has 0 spiro atoms. The van der Waals surface area contributed by atoms with Crippen molar-refractivity contribution in [1.82, 2.24) is 0 Å². The second kappa shape index (κ2) is 8.96. The van der Waals surface area contributed by atoms with Crippen LogP contribution >= 0.6 is 0 Å². The van der Waals surface area contributed by atoms with E-state index in [2.05, 4.69) is 13.2 Å². The van der Waals surface area contributed by atoms with Crippen LogP contribution in [-0.4, -0.2) is 33.4 Å². The molecule has 0 aromatic rings. The van der Waals surface area contributed by atoms with Crippen LogP contribution < -0.4 is 0 Å². The molecule has 0 aliphatic heterocycles. The molecule has 0 fully saturated rings. The maximum atomic E-state index is 10.1. The lowest BCUT2D eigenvalue weighted by molar-refractivity contribution is -0.133. The predicted octanol–water partition coefficient (Wildman–Crippen LogP) is 1.05. The zero-order valence-corrected chi connectivity index (χ0v) is 8.64. The van der Waals surface area contributed by atoms with Crippen LogP contribution in [0, 0.1) is 0 Å². The molecule has 5 nitrogen and oxygen atoms in total. The standard InChI is InChI=1S/C7H12O3.C3H4O2/c1-3-6(8)4-5(2)7(9)10;1-2-3(4)5/h6,8H,2-4H2,1H3,(H,9,10);2H,1H2,(H,4,5).